The highest BCUT2D eigenvalue weighted by Gasteiger charge is 2.32. The lowest BCUT2D eigenvalue weighted by Crippen LogP contribution is -2.50. The zero-order valence-electron chi connectivity index (χ0n) is 11.5. The smallest absolute Gasteiger partial charge is 0.236 e. The number of likely N-dealkylation sites (N-methyl/N-ethyl adjacent to an activating group) is 1. The molecule has 0 spiro atoms. The van der Waals surface area contributed by atoms with E-state index in [1.165, 1.54) is 19.3 Å². The van der Waals surface area contributed by atoms with Crippen molar-refractivity contribution >= 4 is 18.3 Å². The van der Waals surface area contributed by atoms with Crippen LogP contribution in [0.3, 0.4) is 0 Å². The average Bonchev–Trinajstić information content (AvgIpc) is 3.14. The second-order valence-electron chi connectivity index (χ2n) is 5.73. The Balaban J connectivity index is 0.00000162. The second-order valence-corrected chi connectivity index (χ2v) is 5.73. The largest absolute Gasteiger partial charge is 0.342 e. The molecule has 0 radical (unpaired) electrons. The average molecular weight is 276 g/mol. The SMILES string of the molecule is CC1CCN(CC(=O)N(C)C2CC2)C(CN)C1.Cl. The van der Waals surface area contributed by atoms with Gasteiger partial charge in [0.25, 0.3) is 0 Å². The van der Waals surface area contributed by atoms with Gasteiger partial charge in [0.05, 0.1) is 6.54 Å². The van der Waals surface area contributed by atoms with Gasteiger partial charge in [-0.05, 0) is 38.1 Å². The zero-order valence-corrected chi connectivity index (χ0v) is 12.3. The van der Waals surface area contributed by atoms with Gasteiger partial charge in [0, 0.05) is 25.7 Å². The van der Waals surface area contributed by atoms with Gasteiger partial charge < -0.3 is 10.6 Å². The maximum atomic E-state index is 12.1. The maximum Gasteiger partial charge on any atom is 0.236 e. The Kier molecular flexibility index (Phi) is 5.89. The summed E-state index contributed by atoms with van der Waals surface area (Å²) in [5, 5.41) is 0. The summed E-state index contributed by atoms with van der Waals surface area (Å²) >= 11 is 0. The first-order valence-corrected chi connectivity index (χ1v) is 6.81. The minimum atomic E-state index is 0. The molecule has 5 heteroatoms. The fraction of sp³-hybridized carbons (Fsp3) is 0.923. The lowest BCUT2D eigenvalue weighted by Gasteiger charge is -2.38. The number of rotatable bonds is 4. The van der Waals surface area contributed by atoms with Crippen molar-refractivity contribution in [1.29, 1.82) is 0 Å². The lowest BCUT2D eigenvalue weighted by molar-refractivity contribution is -0.132. The van der Waals surface area contributed by atoms with E-state index in [2.05, 4.69) is 11.8 Å². The van der Waals surface area contributed by atoms with Crippen LogP contribution in [0.2, 0.25) is 0 Å². The number of halogens is 1. The fourth-order valence-corrected chi connectivity index (χ4v) is 2.70. The molecular formula is C13H26ClN3O. The van der Waals surface area contributed by atoms with Crippen LogP contribution in [-0.4, -0.2) is 54.5 Å². The van der Waals surface area contributed by atoms with Crippen molar-refractivity contribution in [2.24, 2.45) is 11.7 Å². The number of nitrogens with zero attached hydrogens (tertiary/aromatic N) is 2. The number of nitrogens with two attached hydrogens (primary N) is 1. The van der Waals surface area contributed by atoms with Crippen LogP contribution in [0.5, 0.6) is 0 Å². The Morgan fingerprint density at radius 2 is 2.06 bits per heavy atom. The third kappa shape index (κ3) is 3.84. The van der Waals surface area contributed by atoms with Crippen molar-refractivity contribution < 1.29 is 4.79 Å². The van der Waals surface area contributed by atoms with E-state index in [4.69, 9.17) is 5.73 Å². The topological polar surface area (TPSA) is 49.6 Å². The zero-order chi connectivity index (χ0) is 12.4. The van der Waals surface area contributed by atoms with Crippen molar-refractivity contribution in [2.45, 2.75) is 44.7 Å². The minimum Gasteiger partial charge on any atom is -0.342 e. The predicted octanol–water partition coefficient (Wildman–Crippen LogP) is 1.09. The van der Waals surface area contributed by atoms with Gasteiger partial charge in [-0.3, -0.25) is 9.69 Å². The molecule has 4 nitrogen and oxygen atoms in total. The summed E-state index contributed by atoms with van der Waals surface area (Å²) < 4.78 is 0. The summed E-state index contributed by atoms with van der Waals surface area (Å²) in [5.74, 6) is 1.01. The van der Waals surface area contributed by atoms with Crippen LogP contribution in [-0.2, 0) is 4.79 Å². The molecule has 2 rings (SSSR count). The lowest BCUT2D eigenvalue weighted by atomic mass is 9.92. The highest BCUT2D eigenvalue weighted by atomic mass is 35.5. The van der Waals surface area contributed by atoms with Gasteiger partial charge in [-0.15, -0.1) is 12.4 Å². The number of hydrogen-bond acceptors (Lipinski definition) is 3. The Hall–Kier alpha value is -0.320. The van der Waals surface area contributed by atoms with Gasteiger partial charge >= 0.3 is 0 Å². The summed E-state index contributed by atoms with van der Waals surface area (Å²) in [6, 6.07) is 0.915. The molecule has 2 atom stereocenters. The Labute approximate surface area is 116 Å². The van der Waals surface area contributed by atoms with Gasteiger partial charge in [-0.1, -0.05) is 6.92 Å². The van der Waals surface area contributed by atoms with Crippen LogP contribution in [0.1, 0.15) is 32.6 Å². The molecule has 1 heterocycles. The number of likely N-dealkylation sites (tertiary alicyclic amines) is 1. The van der Waals surface area contributed by atoms with Crippen LogP contribution in [0, 0.1) is 5.92 Å². The standard InChI is InChI=1S/C13H25N3O.ClH/c1-10-5-6-16(12(7-10)8-14)9-13(17)15(2)11-3-4-11;/h10-12H,3-9,14H2,1-2H3;1H. The van der Waals surface area contributed by atoms with Crippen LogP contribution >= 0.6 is 12.4 Å². The van der Waals surface area contributed by atoms with Gasteiger partial charge in [-0.2, -0.15) is 0 Å². The van der Waals surface area contributed by atoms with Gasteiger partial charge in [0.2, 0.25) is 5.91 Å². The van der Waals surface area contributed by atoms with E-state index in [9.17, 15) is 4.79 Å². The van der Waals surface area contributed by atoms with Crippen molar-refractivity contribution in [1.82, 2.24) is 9.80 Å². The molecule has 0 bridgehead atoms. The van der Waals surface area contributed by atoms with Gasteiger partial charge in [0.15, 0.2) is 0 Å². The molecule has 18 heavy (non-hydrogen) atoms. The predicted molar refractivity (Wildman–Crippen MR) is 75.9 cm³/mol. The number of amides is 1. The second kappa shape index (κ2) is 6.73. The molecular weight excluding hydrogens is 250 g/mol. The monoisotopic (exact) mass is 275 g/mol. The van der Waals surface area contributed by atoms with E-state index in [1.54, 1.807) is 0 Å². The van der Waals surface area contributed by atoms with Crippen molar-refractivity contribution in [3.05, 3.63) is 0 Å². The van der Waals surface area contributed by atoms with E-state index >= 15 is 0 Å². The van der Waals surface area contributed by atoms with E-state index in [-0.39, 0.29) is 18.3 Å². The molecule has 1 saturated carbocycles. The van der Waals surface area contributed by atoms with Crippen LogP contribution in [0.25, 0.3) is 0 Å². The molecule has 2 N–H and O–H groups in total. The molecule has 1 aliphatic carbocycles. The first-order valence-electron chi connectivity index (χ1n) is 6.81. The minimum absolute atomic E-state index is 0. The molecule has 1 saturated heterocycles. The third-order valence-corrected chi connectivity index (χ3v) is 4.20. The molecule has 2 aliphatic rings. The number of carbonyl (C=O) groups is 1. The van der Waals surface area contributed by atoms with Crippen molar-refractivity contribution in [2.75, 3.05) is 26.7 Å². The van der Waals surface area contributed by atoms with Crippen LogP contribution in [0.4, 0.5) is 0 Å². The van der Waals surface area contributed by atoms with Gasteiger partial charge in [-0.25, -0.2) is 0 Å². The number of hydrogen-bond donors (Lipinski definition) is 1. The maximum absolute atomic E-state index is 12.1. The summed E-state index contributed by atoms with van der Waals surface area (Å²) in [6.07, 6.45) is 4.69. The highest BCUT2D eigenvalue weighted by Crippen LogP contribution is 2.26. The number of piperidine rings is 1. The molecule has 1 amide bonds. The molecule has 106 valence electrons. The molecule has 0 aromatic carbocycles. The van der Waals surface area contributed by atoms with Crippen molar-refractivity contribution in [3.63, 3.8) is 0 Å². The first-order chi connectivity index (χ1) is 8.11. The normalized spacial score (nSPS) is 28.6. The van der Waals surface area contributed by atoms with E-state index < -0.39 is 0 Å². The van der Waals surface area contributed by atoms with Crippen molar-refractivity contribution in [3.8, 4) is 0 Å². The quantitative estimate of drug-likeness (QED) is 0.836. The summed E-state index contributed by atoms with van der Waals surface area (Å²) in [6.45, 7) is 4.53. The van der Waals surface area contributed by atoms with Gasteiger partial charge in [0.1, 0.15) is 0 Å². The highest BCUT2D eigenvalue weighted by molar-refractivity contribution is 5.85. The Morgan fingerprint density at radius 1 is 1.39 bits per heavy atom. The van der Waals surface area contributed by atoms with E-state index in [0.717, 1.165) is 18.9 Å². The Bertz CT molecular complexity index is 283. The molecule has 2 fully saturated rings. The molecule has 2 unspecified atom stereocenters. The molecule has 0 aromatic rings. The molecule has 0 aromatic heterocycles. The first kappa shape index (κ1) is 15.7. The fourth-order valence-electron chi connectivity index (χ4n) is 2.70. The van der Waals surface area contributed by atoms with E-state index in [1.807, 2.05) is 11.9 Å². The number of carbonyl (C=O) groups excluding carboxylic acids is 1. The summed E-state index contributed by atoms with van der Waals surface area (Å²) in [5.41, 5.74) is 5.81. The molecule has 1 aliphatic heterocycles. The summed E-state index contributed by atoms with van der Waals surface area (Å²) in [4.78, 5) is 16.3. The Morgan fingerprint density at radius 3 is 2.61 bits per heavy atom. The van der Waals surface area contributed by atoms with E-state index in [0.29, 0.717) is 25.2 Å². The van der Waals surface area contributed by atoms with Crippen LogP contribution in [0.15, 0.2) is 0 Å². The third-order valence-electron chi connectivity index (χ3n) is 4.20. The summed E-state index contributed by atoms with van der Waals surface area (Å²) in [7, 11) is 1.93. The van der Waals surface area contributed by atoms with Crippen LogP contribution < -0.4 is 5.73 Å².